The molecular weight excluding hydrogens is 160 g/mol. The summed E-state index contributed by atoms with van der Waals surface area (Å²) in [6.45, 7) is 1.76. The molecule has 0 saturated heterocycles. The fourth-order valence-corrected chi connectivity index (χ4v) is 0.732. The summed E-state index contributed by atoms with van der Waals surface area (Å²) < 4.78 is 0. The highest BCUT2D eigenvalue weighted by molar-refractivity contribution is 5.16. The zero-order valence-corrected chi connectivity index (χ0v) is 6.71. The summed E-state index contributed by atoms with van der Waals surface area (Å²) in [4.78, 5) is 0. The molecule has 1 unspecified atom stereocenters. The van der Waals surface area contributed by atoms with Crippen LogP contribution in [-0.2, 0) is 5.04 Å². The quantitative estimate of drug-likeness (QED) is 0.445. The lowest BCUT2D eigenvalue weighted by Crippen LogP contribution is -1.87. The monoisotopic (exact) mass is 172 g/mol. The summed E-state index contributed by atoms with van der Waals surface area (Å²) in [7, 11) is 0. The van der Waals surface area contributed by atoms with Crippen LogP contribution in [0.4, 0.5) is 0 Å². The van der Waals surface area contributed by atoms with Gasteiger partial charge in [0.1, 0.15) is 0 Å². The summed E-state index contributed by atoms with van der Waals surface area (Å²) in [6, 6.07) is 9.59. The molecule has 0 bridgehead atoms. The van der Waals surface area contributed by atoms with Gasteiger partial charge in [0.15, 0.2) is 0 Å². The highest BCUT2D eigenvalue weighted by Crippen LogP contribution is 2.08. The SMILES string of the molecule is CC(O)c1ccccc1.OOO. The second-order valence-electron chi connectivity index (χ2n) is 2.17. The molecule has 0 aliphatic heterocycles. The molecule has 0 aliphatic rings. The maximum absolute atomic E-state index is 9.02. The molecule has 0 fully saturated rings. The molecule has 0 saturated carbocycles. The second kappa shape index (κ2) is 6.75. The molecule has 0 aromatic heterocycles. The van der Waals surface area contributed by atoms with Crippen LogP contribution in [0.3, 0.4) is 0 Å². The molecule has 0 radical (unpaired) electrons. The Morgan fingerprint density at radius 2 is 1.58 bits per heavy atom. The van der Waals surface area contributed by atoms with Gasteiger partial charge >= 0.3 is 0 Å². The summed E-state index contributed by atoms with van der Waals surface area (Å²) in [6.07, 6.45) is -0.341. The molecule has 1 rings (SSSR count). The van der Waals surface area contributed by atoms with E-state index in [4.69, 9.17) is 15.6 Å². The number of aliphatic hydroxyl groups is 1. The summed E-state index contributed by atoms with van der Waals surface area (Å²) in [5, 5.41) is 24.5. The standard InChI is InChI=1S/C8H10O.H2O3/c1-7(9)8-5-3-2-4-6-8;1-3-2/h2-7,9H,1H3;1-2H. The lowest BCUT2D eigenvalue weighted by molar-refractivity contribution is -0.465. The van der Waals surface area contributed by atoms with Crippen molar-refractivity contribution in [3.05, 3.63) is 35.9 Å². The van der Waals surface area contributed by atoms with Crippen molar-refractivity contribution in [2.45, 2.75) is 13.0 Å². The van der Waals surface area contributed by atoms with E-state index in [2.05, 4.69) is 5.04 Å². The summed E-state index contributed by atoms with van der Waals surface area (Å²) in [5.74, 6) is 0. The molecule has 1 aromatic rings. The normalized spacial score (nSPS) is 11.3. The van der Waals surface area contributed by atoms with Gasteiger partial charge in [-0.3, -0.25) is 0 Å². The minimum atomic E-state index is -0.341. The molecule has 0 heterocycles. The smallest absolute Gasteiger partial charge is 0.0761 e. The van der Waals surface area contributed by atoms with Crippen molar-refractivity contribution in [1.82, 2.24) is 0 Å². The van der Waals surface area contributed by atoms with E-state index in [9.17, 15) is 0 Å². The van der Waals surface area contributed by atoms with Gasteiger partial charge in [-0.05, 0) is 12.5 Å². The van der Waals surface area contributed by atoms with Crippen molar-refractivity contribution in [3.63, 3.8) is 0 Å². The summed E-state index contributed by atoms with van der Waals surface area (Å²) in [5.41, 5.74) is 0.970. The van der Waals surface area contributed by atoms with Crippen molar-refractivity contribution in [1.29, 1.82) is 0 Å². The van der Waals surface area contributed by atoms with Crippen LogP contribution in [0, 0.1) is 0 Å². The van der Waals surface area contributed by atoms with Gasteiger partial charge in [0, 0.05) is 0 Å². The third-order valence-electron chi connectivity index (χ3n) is 1.28. The Kier molecular flexibility index (Phi) is 6.22. The van der Waals surface area contributed by atoms with Crippen molar-refractivity contribution >= 4 is 0 Å². The summed E-state index contributed by atoms with van der Waals surface area (Å²) >= 11 is 0. The van der Waals surface area contributed by atoms with Crippen LogP contribution >= 0.6 is 0 Å². The van der Waals surface area contributed by atoms with E-state index >= 15 is 0 Å². The topological polar surface area (TPSA) is 69.9 Å². The molecule has 0 amide bonds. The van der Waals surface area contributed by atoms with Crippen LogP contribution in [0.25, 0.3) is 0 Å². The van der Waals surface area contributed by atoms with Crippen molar-refractivity contribution in [2.24, 2.45) is 0 Å². The Bertz CT molecular complexity index is 186. The number of hydrogen-bond donors (Lipinski definition) is 3. The van der Waals surface area contributed by atoms with Crippen molar-refractivity contribution in [2.75, 3.05) is 0 Å². The predicted molar refractivity (Wildman–Crippen MR) is 43.4 cm³/mol. The van der Waals surface area contributed by atoms with Gasteiger partial charge in [-0.15, -0.1) is 0 Å². The highest BCUT2D eigenvalue weighted by Gasteiger charge is 1.95. The first-order chi connectivity index (χ1) is 5.72. The molecule has 12 heavy (non-hydrogen) atoms. The zero-order chi connectivity index (χ0) is 9.40. The van der Waals surface area contributed by atoms with Crippen molar-refractivity contribution in [3.8, 4) is 0 Å². The Morgan fingerprint density at radius 3 is 1.83 bits per heavy atom. The second-order valence-corrected chi connectivity index (χ2v) is 2.17. The molecule has 1 aromatic carbocycles. The van der Waals surface area contributed by atoms with E-state index in [0.29, 0.717) is 0 Å². The first-order valence-electron chi connectivity index (χ1n) is 3.40. The molecule has 4 nitrogen and oxygen atoms in total. The van der Waals surface area contributed by atoms with E-state index in [1.54, 1.807) is 6.92 Å². The highest BCUT2D eigenvalue weighted by atomic mass is 17.4. The zero-order valence-electron chi connectivity index (χ0n) is 6.71. The Balaban J connectivity index is 0.000000354. The number of aliphatic hydroxyl groups excluding tert-OH is 1. The van der Waals surface area contributed by atoms with Gasteiger partial charge in [-0.2, -0.15) is 0 Å². The van der Waals surface area contributed by atoms with Crippen molar-refractivity contribution < 1.29 is 20.7 Å². The molecular formula is C8H12O4. The van der Waals surface area contributed by atoms with E-state index in [-0.39, 0.29) is 6.10 Å². The van der Waals surface area contributed by atoms with Gasteiger partial charge in [0.05, 0.1) is 6.10 Å². The van der Waals surface area contributed by atoms with Crippen LogP contribution in [-0.4, -0.2) is 15.6 Å². The molecule has 0 spiro atoms. The van der Waals surface area contributed by atoms with E-state index in [1.807, 2.05) is 30.3 Å². The number of benzene rings is 1. The Hall–Kier alpha value is -0.940. The fraction of sp³-hybridized carbons (Fsp3) is 0.250. The lowest BCUT2D eigenvalue weighted by Gasteiger charge is -2.00. The Labute approximate surface area is 70.5 Å². The third-order valence-corrected chi connectivity index (χ3v) is 1.28. The largest absolute Gasteiger partial charge is 0.389 e. The van der Waals surface area contributed by atoms with Gasteiger partial charge < -0.3 is 5.11 Å². The lowest BCUT2D eigenvalue weighted by atomic mass is 10.1. The van der Waals surface area contributed by atoms with Gasteiger partial charge in [0.2, 0.25) is 0 Å². The van der Waals surface area contributed by atoms with Crippen LogP contribution < -0.4 is 0 Å². The third kappa shape index (κ3) is 4.81. The van der Waals surface area contributed by atoms with Gasteiger partial charge in [-0.25, -0.2) is 10.5 Å². The fourth-order valence-electron chi connectivity index (χ4n) is 0.732. The molecule has 68 valence electrons. The van der Waals surface area contributed by atoms with Gasteiger partial charge in [-0.1, -0.05) is 35.4 Å². The minimum Gasteiger partial charge on any atom is -0.389 e. The first-order valence-corrected chi connectivity index (χ1v) is 3.40. The van der Waals surface area contributed by atoms with E-state index < -0.39 is 0 Å². The van der Waals surface area contributed by atoms with Crippen LogP contribution in [0.2, 0.25) is 0 Å². The maximum atomic E-state index is 9.02. The predicted octanol–water partition coefficient (Wildman–Crippen LogP) is 1.69. The minimum absolute atomic E-state index is 0.341. The maximum Gasteiger partial charge on any atom is 0.0761 e. The van der Waals surface area contributed by atoms with Crippen LogP contribution in [0.15, 0.2) is 30.3 Å². The van der Waals surface area contributed by atoms with Crippen LogP contribution in [0.1, 0.15) is 18.6 Å². The number of rotatable bonds is 1. The first kappa shape index (κ1) is 11.1. The van der Waals surface area contributed by atoms with E-state index in [1.165, 1.54) is 0 Å². The van der Waals surface area contributed by atoms with Crippen LogP contribution in [0.5, 0.6) is 0 Å². The Morgan fingerprint density at radius 1 is 1.17 bits per heavy atom. The van der Waals surface area contributed by atoms with Gasteiger partial charge in [0.25, 0.3) is 0 Å². The van der Waals surface area contributed by atoms with E-state index in [0.717, 1.165) is 5.56 Å². The molecule has 1 atom stereocenters. The number of hydrogen-bond acceptors (Lipinski definition) is 4. The average molecular weight is 172 g/mol. The molecule has 3 N–H and O–H groups in total. The molecule has 0 aliphatic carbocycles. The average Bonchev–Trinajstić information content (AvgIpc) is 2.07. The molecule has 4 heteroatoms.